The van der Waals surface area contributed by atoms with Crippen LogP contribution in [0.2, 0.25) is 10.5 Å². The molecule has 0 bridgehead atoms. The van der Waals surface area contributed by atoms with E-state index in [1.165, 1.54) is 36.2 Å². The Labute approximate surface area is 73.6 Å². The minimum atomic E-state index is -1.01. The molecule has 0 rings (SSSR count). The van der Waals surface area contributed by atoms with Gasteiger partial charge in [0.25, 0.3) is 0 Å². The molecule has 0 heterocycles. The fourth-order valence-corrected chi connectivity index (χ4v) is 5.87. The van der Waals surface area contributed by atoms with Crippen molar-refractivity contribution >= 4 is 23.4 Å². The van der Waals surface area contributed by atoms with Crippen LogP contribution in [0.15, 0.2) is 0 Å². The summed E-state index contributed by atoms with van der Waals surface area (Å²) in [4.78, 5) is 0. The molecule has 0 aromatic heterocycles. The van der Waals surface area contributed by atoms with E-state index in [1.807, 2.05) is 0 Å². The Bertz CT molecular complexity index is 58.3. The van der Waals surface area contributed by atoms with Crippen LogP contribution in [0.1, 0.15) is 39.5 Å². The van der Waals surface area contributed by atoms with Crippen LogP contribution in [0.25, 0.3) is 0 Å². The van der Waals surface area contributed by atoms with Gasteiger partial charge in [0.05, 0.1) is 0 Å². The third-order valence-electron chi connectivity index (χ3n) is 1.60. The summed E-state index contributed by atoms with van der Waals surface area (Å²) in [6.07, 6.45) is 5.36. The quantitative estimate of drug-likeness (QED) is 0.599. The van der Waals surface area contributed by atoms with Gasteiger partial charge in [0.1, 0.15) is 0 Å². The molecule has 1 radical (unpaired) electrons. The van der Waals surface area contributed by atoms with Crippen molar-refractivity contribution in [3.63, 3.8) is 0 Å². The van der Waals surface area contributed by atoms with Crippen LogP contribution in [-0.4, -0.2) is 13.4 Å². The van der Waals surface area contributed by atoms with Gasteiger partial charge in [-0.2, -0.15) is 0 Å². The average molecular weight is 222 g/mol. The number of hydrogen-bond donors (Lipinski definition) is 0. The number of unbranched alkanes of at least 4 members (excludes halogenated alkanes) is 2. The molecule has 0 spiro atoms. The number of rotatable bonds is 6. The van der Waals surface area contributed by atoms with E-state index >= 15 is 0 Å². The van der Waals surface area contributed by atoms with E-state index in [4.69, 9.17) is 10.0 Å². The fourth-order valence-electron chi connectivity index (χ4n) is 0.862. The predicted octanol–water partition coefficient (Wildman–Crippen LogP) is 3.82. The first kappa shape index (κ1) is 10.8. The molecule has 0 saturated heterocycles. The first-order valence-electron chi connectivity index (χ1n) is 4.31. The first-order valence-corrected chi connectivity index (χ1v) is 10.0. The topological polar surface area (TPSA) is 0 Å². The van der Waals surface area contributed by atoms with Crippen LogP contribution in [0.4, 0.5) is 0 Å². The van der Waals surface area contributed by atoms with Gasteiger partial charge in [-0.15, -0.1) is 0 Å². The Morgan fingerprint density at radius 2 is 1.40 bits per heavy atom. The van der Waals surface area contributed by atoms with Crippen molar-refractivity contribution in [2.75, 3.05) is 0 Å². The molecule has 0 aliphatic rings. The van der Waals surface area contributed by atoms with Crippen LogP contribution < -0.4 is 0 Å². The molecule has 0 N–H and O–H groups in total. The van der Waals surface area contributed by atoms with E-state index in [2.05, 4.69) is 13.8 Å². The Morgan fingerprint density at radius 3 is 1.70 bits per heavy atom. The minimum absolute atomic E-state index is 1.01. The summed E-state index contributed by atoms with van der Waals surface area (Å²) in [5, 5.41) is 2.75. The second-order valence-corrected chi connectivity index (χ2v) is 9.77. The van der Waals surface area contributed by atoms with Crippen LogP contribution in [0, 0.1) is 0 Å². The number of halogens is 1. The summed E-state index contributed by atoms with van der Waals surface area (Å²) in [5.74, 6) is 0. The second-order valence-electron chi connectivity index (χ2n) is 2.72. The number of hydrogen-bond acceptors (Lipinski definition) is 0. The Morgan fingerprint density at radius 1 is 1.00 bits per heavy atom. The van der Waals surface area contributed by atoms with Crippen LogP contribution in [0.5, 0.6) is 0 Å². The van der Waals surface area contributed by atoms with Crippen molar-refractivity contribution in [2.24, 2.45) is 0 Å². The summed E-state index contributed by atoms with van der Waals surface area (Å²) < 4.78 is 0. The summed E-state index contributed by atoms with van der Waals surface area (Å²) >= 11 is -1.01. The summed E-state index contributed by atoms with van der Waals surface area (Å²) in [5.41, 5.74) is 0. The third kappa shape index (κ3) is 6.95. The average Bonchev–Trinajstić information content (AvgIpc) is 1.97. The molecule has 0 saturated carbocycles. The van der Waals surface area contributed by atoms with Crippen molar-refractivity contribution < 1.29 is 0 Å². The molecule has 0 atom stereocenters. The fraction of sp³-hybridized carbons (Fsp3) is 1.00. The van der Waals surface area contributed by atoms with E-state index < -0.39 is 13.4 Å². The molecule has 0 amide bonds. The maximum absolute atomic E-state index is 6.21. The van der Waals surface area contributed by atoms with Crippen LogP contribution in [-0.2, 0) is 0 Å². The Hall–Kier alpha value is 0.833. The zero-order chi connectivity index (χ0) is 7.82. The molecule has 10 heavy (non-hydrogen) atoms. The molecule has 0 aromatic rings. The molecule has 0 nitrogen and oxygen atoms in total. The van der Waals surface area contributed by atoms with Gasteiger partial charge in [-0.05, 0) is 0 Å². The van der Waals surface area contributed by atoms with Crippen LogP contribution in [0.3, 0.4) is 0 Å². The molecule has 0 aliphatic carbocycles. The molecule has 61 valence electrons. The van der Waals surface area contributed by atoms with Crippen molar-refractivity contribution in [3.05, 3.63) is 0 Å². The van der Waals surface area contributed by atoms with Gasteiger partial charge in [0.15, 0.2) is 0 Å². The summed E-state index contributed by atoms with van der Waals surface area (Å²) in [7, 11) is 6.21. The third-order valence-corrected chi connectivity index (χ3v) is 7.33. The van der Waals surface area contributed by atoms with Gasteiger partial charge in [0, 0.05) is 0 Å². The first-order chi connectivity index (χ1) is 4.81. The standard InChI is InChI=1S/C8H18ClGe/c1-3-5-7-10(9)8-6-4-2/h3-8H2,1-2H3. The second kappa shape index (κ2) is 7.93. The monoisotopic (exact) mass is 223 g/mol. The van der Waals surface area contributed by atoms with Crippen molar-refractivity contribution in [2.45, 2.75) is 50.0 Å². The van der Waals surface area contributed by atoms with Crippen molar-refractivity contribution in [1.29, 1.82) is 0 Å². The molecular weight excluding hydrogens is 204 g/mol. The normalized spacial score (nSPS) is 10.8. The predicted molar refractivity (Wildman–Crippen MR) is 51.0 cm³/mol. The van der Waals surface area contributed by atoms with Gasteiger partial charge < -0.3 is 0 Å². The molecule has 0 unspecified atom stereocenters. The summed E-state index contributed by atoms with van der Waals surface area (Å²) in [6, 6.07) is 0. The van der Waals surface area contributed by atoms with Crippen LogP contribution >= 0.6 is 10.0 Å². The zero-order valence-corrected chi connectivity index (χ0v) is 9.97. The van der Waals surface area contributed by atoms with Crippen molar-refractivity contribution in [1.82, 2.24) is 0 Å². The summed E-state index contributed by atoms with van der Waals surface area (Å²) in [6.45, 7) is 4.48. The Kier molecular flexibility index (Phi) is 8.60. The SMILES string of the molecule is CCC[CH2][Ge]([Cl])[CH2]CCC. The van der Waals surface area contributed by atoms with Gasteiger partial charge >= 0.3 is 73.5 Å². The van der Waals surface area contributed by atoms with E-state index in [9.17, 15) is 0 Å². The zero-order valence-electron chi connectivity index (χ0n) is 7.12. The van der Waals surface area contributed by atoms with Gasteiger partial charge in [-0.3, -0.25) is 0 Å². The van der Waals surface area contributed by atoms with E-state index in [-0.39, 0.29) is 0 Å². The maximum atomic E-state index is 6.21. The molecule has 0 fully saturated rings. The van der Waals surface area contributed by atoms with E-state index in [1.54, 1.807) is 0 Å². The van der Waals surface area contributed by atoms with Gasteiger partial charge in [0.2, 0.25) is 0 Å². The molecular formula is C8H18ClGe. The van der Waals surface area contributed by atoms with Crippen molar-refractivity contribution in [3.8, 4) is 0 Å². The Balaban J connectivity index is 3.00. The van der Waals surface area contributed by atoms with E-state index in [0.717, 1.165) is 0 Å². The van der Waals surface area contributed by atoms with Gasteiger partial charge in [-0.1, -0.05) is 0 Å². The molecule has 0 aliphatic heterocycles. The molecule has 0 aromatic carbocycles. The van der Waals surface area contributed by atoms with Gasteiger partial charge in [-0.25, -0.2) is 0 Å². The van der Waals surface area contributed by atoms with E-state index in [0.29, 0.717) is 0 Å². The molecule has 2 heteroatoms.